The molecule has 0 fully saturated rings. The molecule has 1 aromatic rings. The van der Waals surface area contributed by atoms with E-state index in [1.165, 1.54) is 0 Å². The number of nitrogens with zero attached hydrogens (tertiary/aromatic N) is 2. The quantitative estimate of drug-likeness (QED) is 0.796. The fourth-order valence-corrected chi connectivity index (χ4v) is 1.84. The zero-order valence-electron chi connectivity index (χ0n) is 12.4. The monoisotopic (exact) mass is 265 g/mol. The predicted octanol–water partition coefficient (Wildman–Crippen LogP) is 1.85. The van der Waals surface area contributed by atoms with Crippen LogP contribution < -0.4 is 5.32 Å². The van der Waals surface area contributed by atoms with Gasteiger partial charge in [0.15, 0.2) is 0 Å². The number of aromatic nitrogens is 1. The highest BCUT2D eigenvalue weighted by atomic mass is 16.5. The van der Waals surface area contributed by atoms with Crippen LogP contribution >= 0.6 is 0 Å². The number of hydrogen-bond acceptors (Lipinski definition) is 5. The van der Waals surface area contributed by atoms with Gasteiger partial charge in [0, 0.05) is 18.8 Å². The lowest BCUT2D eigenvalue weighted by atomic mass is 10.1. The number of carbonyl (C=O) groups is 1. The number of pyridine rings is 1. The summed E-state index contributed by atoms with van der Waals surface area (Å²) in [5, 5.41) is 3.28. The number of ether oxygens (including phenoxy) is 1. The molecule has 19 heavy (non-hydrogen) atoms. The molecular weight excluding hydrogens is 242 g/mol. The Bertz CT molecular complexity index is 445. The summed E-state index contributed by atoms with van der Waals surface area (Å²) in [4.78, 5) is 18.4. The summed E-state index contributed by atoms with van der Waals surface area (Å²) in [7, 11) is 4.02. The molecule has 5 heteroatoms. The van der Waals surface area contributed by atoms with Crippen molar-refractivity contribution in [2.45, 2.75) is 20.8 Å². The Morgan fingerprint density at radius 2 is 2.11 bits per heavy atom. The van der Waals surface area contributed by atoms with Crippen molar-refractivity contribution in [3.05, 3.63) is 23.0 Å². The van der Waals surface area contributed by atoms with Crippen LogP contribution in [-0.4, -0.2) is 49.6 Å². The van der Waals surface area contributed by atoms with Crippen LogP contribution in [0, 0.1) is 13.8 Å². The van der Waals surface area contributed by atoms with Gasteiger partial charge in [-0.15, -0.1) is 0 Å². The van der Waals surface area contributed by atoms with E-state index in [0.717, 1.165) is 24.5 Å². The summed E-state index contributed by atoms with van der Waals surface area (Å²) in [5.41, 5.74) is 2.92. The van der Waals surface area contributed by atoms with Gasteiger partial charge in [-0.1, -0.05) is 0 Å². The number of carbonyl (C=O) groups excluding carboxylic acids is 1. The Hall–Kier alpha value is -1.62. The maximum Gasteiger partial charge on any atom is 0.342 e. The van der Waals surface area contributed by atoms with Gasteiger partial charge in [0.2, 0.25) is 0 Å². The Balaban J connectivity index is 2.96. The van der Waals surface area contributed by atoms with E-state index in [2.05, 4.69) is 15.2 Å². The number of nitrogens with one attached hydrogen (secondary N) is 1. The maximum atomic E-state index is 12.0. The maximum absolute atomic E-state index is 12.0. The second-order valence-electron chi connectivity index (χ2n) is 4.72. The molecule has 0 saturated carbocycles. The molecule has 0 aromatic carbocycles. The average Bonchev–Trinajstić information content (AvgIpc) is 2.27. The lowest BCUT2D eigenvalue weighted by molar-refractivity contribution is 0.0526. The highest BCUT2D eigenvalue weighted by Crippen LogP contribution is 2.20. The summed E-state index contributed by atoms with van der Waals surface area (Å²) in [6.07, 6.45) is 0. The van der Waals surface area contributed by atoms with E-state index in [1.54, 1.807) is 6.92 Å². The van der Waals surface area contributed by atoms with Gasteiger partial charge in [-0.2, -0.15) is 0 Å². The molecule has 5 nitrogen and oxygen atoms in total. The van der Waals surface area contributed by atoms with Gasteiger partial charge in [0.25, 0.3) is 0 Å². The normalized spacial score (nSPS) is 10.6. The second kappa shape index (κ2) is 7.09. The molecule has 0 aliphatic heterocycles. The zero-order valence-corrected chi connectivity index (χ0v) is 12.4. The third kappa shape index (κ3) is 4.52. The van der Waals surface area contributed by atoms with Crippen molar-refractivity contribution < 1.29 is 9.53 Å². The van der Waals surface area contributed by atoms with Crippen LogP contribution in [0.1, 0.15) is 28.7 Å². The number of aryl methyl sites for hydroxylation is 2. The minimum absolute atomic E-state index is 0.320. The van der Waals surface area contributed by atoms with Crippen molar-refractivity contribution in [2.75, 3.05) is 39.1 Å². The van der Waals surface area contributed by atoms with Crippen molar-refractivity contribution in [3.63, 3.8) is 0 Å². The molecular formula is C14H23N3O2. The molecule has 0 spiro atoms. The van der Waals surface area contributed by atoms with E-state index >= 15 is 0 Å². The Morgan fingerprint density at radius 3 is 2.68 bits per heavy atom. The molecule has 0 bridgehead atoms. The summed E-state index contributed by atoms with van der Waals surface area (Å²) in [6.45, 7) is 7.57. The van der Waals surface area contributed by atoms with Gasteiger partial charge < -0.3 is 15.0 Å². The standard InChI is InChI=1S/C14H23N3O2/c1-6-19-14(18)13-11(3)16-10(2)9-12(13)15-7-8-17(4)5/h9H,6-8H2,1-5H3,(H,15,16). The van der Waals surface area contributed by atoms with Gasteiger partial charge in [-0.05, 0) is 40.9 Å². The van der Waals surface area contributed by atoms with Crippen molar-refractivity contribution >= 4 is 11.7 Å². The second-order valence-corrected chi connectivity index (χ2v) is 4.72. The molecule has 0 amide bonds. The molecule has 1 N–H and O–H groups in total. The van der Waals surface area contributed by atoms with Crippen LogP contribution in [0.3, 0.4) is 0 Å². The Labute approximate surface area is 115 Å². The molecule has 1 rings (SSSR count). The van der Waals surface area contributed by atoms with Gasteiger partial charge in [-0.25, -0.2) is 4.79 Å². The van der Waals surface area contributed by atoms with E-state index in [0.29, 0.717) is 17.9 Å². The van der Waals surface area contributed by atoms with Crippen LogP contribution in [0.4, 0.5) is 5.69 Å². The number of rotatable bonds is 6. The molecule has 0 aliphatic carbocycles. The minimum Gasteiger partial charge on any atom is -0.462 e. The third-order valence-electron chi connectivity index (χ3n) is 2.68. The fraction of sp³-hybridized carbons (Fsp3) is 0.571. The largest absolute Gasteiger partial charge is 0.462 e. The van der Waals surface area contributed by atoms with Crippen molar-refractivity contribution in [1.82, 2.24) is 9.88 Å². The lowest BCUT2D eigenvalue weighted by Crippen LogP contribution is -2.22. The van der Waals surface area contributed by atoms with Gasteiger partial charge in [-0.3, -0.25) is 4.98 Å². The molecule has 0 unspecified atom stereocenters. The topological polar surface area (TPSA) is 54.5 Å². The first-order valence-electron chi connectivity index (χ1n) is 6.49. The predicted molar refractivity (Wildman–Crippen MR) is 76.7 cm³/mol. The van der Waals surface area contributed by atoms with Crippen LogP contribution in [0.25, 0.3) is 0 Å². The fourth-order valence-electron chi connectivity index (χ4n) is 1.84. The highest BCUT2D eigenvalue weighted by molar-refractivity contribution is 5.96. The van der Waals surface area contributed by atoms with E-state index in [1.807, 2.05) is 34.0 Å². The van der Waals surface area contributed by atoms with Crippen LogP contribution in [0.15, 0.2) is 6.07 Å². The summed E-state index contributed by atoms with van der Waals surface area (Å²) >= 11 is 0. The Morgan fingerprint density at radius 1 is 1.42 bits per heavy atom. The van der Waals surface area contributed by atoms with E-state index in [9.17, 15) is 4.79 Å². The van der Waals surface area contributed by atoms with E-state index in [-0.39, 0.29) is 5.97 Å². The SMILES string of the molecule is CCOC(=O)c1c(NCCN(C)C)cc(C)nc1C. The lowest BCUT2D eigenvalue weighted by Gasteiger charge is -2.16. The summed E-state index contributed by atoms with van der Waals surface area (Å²) in [5.74, 6) is -0.320. The first-order valence-corrected chi connectivity index (χ1v) is 6.49. The van der Waals surface area contributed by atoms with Crippen molar-refractivity contribution in [1.29, 1.82) is 0 Å². The Kier molecular flexibility index (Phi) is 5.76. The number of hydrogen-bond donors (Lipinski definition) is 1. The van der Waals surface area contributed by atoms with Crippen LogP contribution in [0.5, 0.6) is 0 Å². The molecule has 1 heterocycles. The minimum atomic E-state index is -0.320. The zero-order chi connectivity index (χ0) is 14.4. The van der Waals surface area contributed by atoms with Gasteiger partial charge >= 0.3 is 5.97 Å². The molecule has 106 valence electrons. The van der Waals surface area contributed by atoms with E-state index < -0.39 is 0 Å². The van der Waals surface area contributed by atoms with E-state index in [4.69, 9.17) is 4.74 Å². The molecule has 0 aliphatic rings. The smallest absolute Gasteiger partial charge is 0.342 e. The highest BCUT2D eigenvalue weighted by Gasteiger charge is 2.17. The average molecular weight is 265 g/mol. The van der Waals surface area contributed by atoms with Crippen molar-refractivity contribution in [3.8, 4) is 0 Å². The molecule has 0 saturated heterocycles. The number of esters is 1. The molecule has 0 radical (unpaired) electrons. The van der Waals surface area contributed by atoms with Crippen molar-refractivity contribution in [2.24, 2.45) is 0 Å². The third-order valence-corrected chi connectivity index (χ3v) is 2.68. The molecule has 0 atom stereocenters. The van der Waals surface area contributed by atoms with Gasteiger partial charge in [0.05, 0.1) is 18.0 Å². The van der Waals surface area contributed by atoms with Crippen LogP contribution in [0.2, 0.25) is 0 Å². The summed E-state index contributed by atoms with van der Waals surface area (Å²) < 4.78 is 5.09. The number of anilines is 1. The number of likely N-dealkylation sites (N-methyl/N-ethyl adjacent to an activating group) is 1. The molecule has 1 aromatic heterocycles. The first-order chi connectivity index (χ1) is 8.95. The van der Waals surface area contributed by atoms with Crippen LogP contribution in [-0.2, 0) is 4.74 Å². The van der Waals surface area contributed by atoms with Gasteiger partial charge in [0.1, 0.15) is 5.56 Å². The summed E-state index contributed by atoms with van der Waals surface area (Å²) in [6, 6.07) is 1.88. The first kappa shape index (κ1) is 15.4.